The maximum absolute atomic E-state index is 12.6. The number of aromatic carboxylic acids is 1. The number of carboxylic acid groups (broad SMARTS) is 1. The summed E-state index contributed by atoms with van der Waals surface area (Å²) in [6, 6.07) is 15.5. The fraction of sp³-hybridized carbons (Fsp3) is 0.160. The molecule has 0 spiro atoms. The minimum Gasteiger partial charge on any atom is -0.497 e. The Morgan fingerprint density at radius 2 is 1.88 bits per heavy atom. The number of methoxy groups -OCH3 is 1. The van der Waals surface area contributed by atoms with E-state index in [4.69, 9.17) is 16.3 Å². The van der Waals surface area contributed by atoms with Crippen LogP contribution in [0.2, 0.25) is 5.02 Å². The first kappa shape index (κ1) is 23.6. The number of ether oxygens (including phenoxy) is 1. The molecule has 0 saturated heterocycles. The van der Waals surface area contributed by atoms with Gasteiger partial charge in [0.2, 0.25) is 0 Å². The van der Waals surface area contributed by atoms with E-state index in [0.717, 1.165) is 11.3 Å². The number of carboxylic acids is 1. The van der Waals surface area contributed by atoms with Crippen LogP contribution in [-0.2, 0) is 11.3 Å². The number of rotatable bonds is 7. The van der Waals surface area contributed by atoms with E-state index in [-0.39, 0.29) is 17.7 Å². The number of carbonyl (C=O) groups is 2. The fourth-order valence-corrected chi connectivity index (χ4v) is 3.65. The van der Waals surface area contributed by atoms with Crippen molar-refractivity contribution in [3.63, 3.8) is 0 Å². The van der Waals surface area contributed by atoms with Crippen LogP contribution in [0.1, 0.15) is 32.9 Å². The number of hydrogen-bond donors (Lipinski definition) is 2. The number of hydrogen-bond acceptors (Lipinski definition) is 4. The lowest BCUT2D eigenvalue weighted by molar-refractivity contribution is -0.117. The molecule has 1 aromatic heterocycles. The normalized spacial score (nSPS) is 11.1. The largest absolute Gasteiger partial charge is 0.497 e. The molecule has 0 fully saturated rings. The first-order chi connectivity index (χ1) is 15.7. The molecule has 0 radical (unpaired) electrons. The van der Waals surface area contributed by atoms with Crippen molar-refractivity contribution in [2.45, 2.75) is 20.4 Å². The van der Waals surface area contributed by atoms with Gasteiger partial charge in [-0.15, -0.1) is 0 Å². The Morgan fingerprint density at radius 3 is 2.48 bits per heavy atom. The molecule has 0 aliphatic carbocycles. The highest BCUT2D eigenvalue weighted by molar-refractivity contribution is 6.32. The van der Waals surface area contributed by atoms with Crippen LogP contribution in [0.3, 0.4) is 0 Å². The van der Waals surface area contributed by atoms with Gasteiger partial charge in [-0.05, 0) is 67.4 Å². The third-order valence-corrected chi connectivity index (χ3v) is 5.50. The third-order valence-electron chi connectivity index (χ3n) is 5.18. The van der Waals surface area contributed by atoms with Crippen LogP contribution in [0.25, 0.3) is 11.8 Å². The highest BCUT2D eigenvalue weighted by Gasteiger charge is 2.16. The lowest BCUT2D eigenvalue weighted by Crippen LogP contribution is -2.23. The zero-order valence-corrected chi connectivity index (χ0v) is 19.1. The average Bonchev–Trinajstić information content (AvgIpc) is 3.08. The number of aryl methyl sites for hydroxylation is 1. The Kier molecular flexibility index (Phi) is 7.21. The molecule has 7 nitrogen and oxygen atoms in total. The molecule has 3 aromatic rings. The lowest BCUT2D eigenvalue weighted by Gasteiger charge is -2.12. The molecule has 0 aliphatic rings. The first-order valence-electron chi connectivity index (χ1n) is 10.00. The maximum atomic E-state index is 12.6. The van der Waals surface area contributed by atoms with E-state index in [2.05, 4.69) is 5.32 Å². The summed E-state index contributed by atoms with van der Waals surface area (Å²) in [6.07, 6.45) is 1.51. The van der Waals surface area contributed by atoms with Gasteiger partial charge >= 0.3 is 5.97 Å². The van der Waals surface area contributed by atoms with E-state index < -0.39 is 11.9 Å². The standard InChI is InChI=1S/C25H22ClN3O4/c1-15-10-19(16(2)29(15)23-12-18(25(31)32)6-9-22(23)26)11-20(13-27)24(30)28-14-17-4-7-21(33-3)8-5-17/h4-12H,14H2,1-3H3,(H,28,30)(H,31,32)/b20-11-. The van der Waals surface area contributed by atoms with E-state index in [0.29, 0.717) is 27.7 Å². The van der Waals surface area contributed by atoms with Crippen LogP contribution in [0.15, 0.2) is 54.1 Å². The van der Waals surface area contributed by atoms with Crippen molar-refractivity contribution in [2.75, 3.05) is 7.11 Å². The van der Waals surface area contributed by atoms with Crippen LogP contribution >= 0.6 is 11.6 Å². The number of nitrogens with one attached hydrogen (secondary N) is 1. The van der Waals surface area contributed by atoms with Crippen molar-refractivity contribution in [1.29, 1.82) is 5.26 Å². The fourth-order valence-electron chi connectivity index (χ4n) is 3.45. The molecule has 1 heterocycles. The predicted molar refractivity (Wildman–Crippen MR) is 126 cm³/mol. The van der Waals surface area contributed by atoms with E-state index in [1.165, 1.54) is 24.3 Å². The summed E-state index contributed by atoms with van der Waals surface area (Å²) < 4.78 is 6.91. The van der Waals surface area contributed by atoms with Gasteiger partial charge in [-0.2, -0.15) is 5.26 Å². The summed E-state index contributed by atoms with van der Waals surface area (Å²) in [5.41, 5.74) is 3.58. The number of amides is 1. The van der Waals surface area contributed by atoms with Crippen molar-refractivity contribution < 1.29 is 19.4 Å². The van der Waals surface area contributed by atoms with Gasteiger partial charge in [0.25, 0.3) is 5.91 Å². The second-order valence-corrected chi connectivity index (χ2v) is 7.74. The van der Waals surface area contributed by atoms with Gasteiger partial charge in [0.15, 0.2) is 0 Å². The van der Waals surface area contributed by atoms with E-state index >= 15 is 0 Å². The Hall–Kier alpha value is -4.02. The average molecular weight is 464 g/mol. The smallest absolute Gasteiger partial charge is 0.335 e. The molecular weight excluding hydrogens is 442 g/mol. The molecule has 0 unspecified atom stereocenters. The zero-order valence-electron chi connectivity index (χ0n) is 18.3. The summed E-state index contributed by atoms with van der Waals surface area (Å²) >= 11 is 6.34. The number of carbonyl (C=O) groups excluding carboxylic acids is 1. The van der Waals surface area contributed by atoms with E-state index in [9.17, 15) is 20.0 Å². The van der Waals surface area contributed by atoms with Crippen molar-refractivity contribution in [1.82, 2.24) is 9.88 Å². The number of nitrogens with zero attached hydrogens (tertiary/aromatic N) is 2. The van der Waals surface area contributed by atoms with Crippen LogP contribution < -0.4 is 10.1 Å². The van der Waals surface area contributed by atoms with Gasteiger partial charge in [-0.3, -0.25) is 4.79 Å². The van der Waals surface area contributed by atoms with E-state index in [1.807, 2.05) is 38.1 Å². The monoisotopic (exact) mass is 463 g/mol. The Balaban J connectivity index is 1.87. The molecule has 33 heavy (non-hydrogen) atoms. The highest BCUT2D eigenvalue weighted by Crippen LogP contribution is 2.28. The SMILES string of the molecule is COc1ccc(CNC(=O)/C(C#N)=C\c2cc(C)n(-c3cc(C(=O)O)ccc3Cl)c2C)cc1. The Bertz CT molecular complexity index is 1280. The van der Waals surface area contributed by atoms with Crippen LogP contribution in [-0.4, -0.2) is 28.7 Å². The Morgan fingerprint density at radius 1 is 1.18 bits per heavy atom. The van der Waals surface area contributed by atoms with Crippen molar-refractivity contribution in [2.24, 2.45) is 0 Å². The molecule has 3 rings (SSSR count). The molecule has 0 bridgehead atoms. The van der Waals surface area contributed by atoms with Crippen LogP contribution in [0.5, 0.6) is 5.75 Å². The minimum atomic E-state index is -1.06. The number of halogens is 1. The predicted octanol–water partition coefficient (Wildman–Crippen LogP) is 4.68. The zero-order chi connectivity index (χ0) is 24.1. The molecule has 0 saturated carbocycles. The van der Waals surface area contributed by atoms with Crippen molar-refractivity contribution in [3.05, 3.63) is 87.2 Å². The summed E-state index contributed by atoms with van der Waals surface area (Å²) in [5.74, 6) is -0.841. The summed E-state index contributed by atoms with van der Waals surface area (Å²) in [4.78, 5) is 24.0. The summed E-state index contributed by atoms with van der Waals surface area (Å²) in [5, 5.41) is 22.0. The molecule has 0 atom stereocenters. The lowest BCUT2D eigenvalue weighted by atomic mass is 10.1. The van der Waals surface area contributed by atoms with Gasteiger partial charge < -0.3 is 19.7 Å². The van der Waals surface area contributed by atoms with Gasteiger partial charge in [-0.1, -0.05) is 23.7 Å². The quantitative estimate of drug-likeness (QED) is 0.391. The second kappa shape index (κ2) is 10.1. The number of nitriles is 1. The molecule has 2 N–H and O–H groups in total. The van der Waals surface area contributed by atoms with E-state index in [1.54, 1.807) is 23.8 Å². The molecule has 8 heteroatoms. The van der Waals surface area contributed by atoms with Crippen LogP contribution in [0.4, 0.5) is 0 Å². The molecule has 2 aromatic carbocycles. The summed E-state index contributed by atoms with van der Waals surface area (Å²) in [7, 11) is 1.58. The van der Waals surface area contributed by atoms with Crippen molar-refractivity contribution >= 4 is 29.6 Å². The van der Waals surface area contributed by atoms with Gasteiger partial charge in [-0.25, -0.2) is 4.79 Å². The number of benzene rings is 2. The van der Waals surface area contributed by atoms with Gasteiger partial charge in [0, 0.05) is 17.9 Å². The Labute approximate surface area is 196 Å². The van der Waals surface area contributed by atoms with Gasteiger partial charge in [0.05, 0.1) is 23.4 Å². The van der Waals surface area contributed by atoms with Gasteiger partial charge in [0.1, 0.15) is 17.4 Å². The van der Waals surface area contributed by atoms with Crippen LogP contribution in [0, 0.1) is 25.2 Å². The minimum absolute atomic E-state index is 0.0471. The molecular formula is C25H22ClN3O4. The molecule has 1 amide bonds. The van der Waals surface area contributed by atoms with Crippen molar-refractivity contribution in [3.8, 4) is 17.5 Å². The number of aromatic nitrogens is 1. The maximum Gasteiger partial charge on any atom is 0.335 e. The third kappa shape index (κ3) is 5.25. The topological polar surface area (TPSA) is 104 Å². The highest BCUT2D eigenvalue weighted by atomic mass is 35.5. The molecule has 0 aliphatic heterocycles. The second-order valence-electron chi connectivity index (χ2n) is 7.33. The first-order valence-corrected chi connectivity index (χ1v) is 10.4. The molecule has 168 valence electrons. The summed E-state index contributed by atoms with van der Waals surface area (Å²) in [6.45, 7) is 3.91.